The monoisotopic (exact) mass is 552 g/mol. The molecular formula is C33H49FN4O2. The molecule has 0 unspecified atom stereocenters. The van der Waals surface area contributed by atoms with Crippen molar-refractivity contribution in [2.75, 3.05) is 32.7 Å². The highest BCUT2D eigenvalue weighted by Crippen LogP contribution is 2.37. The van der Waals surface area contributed by atoms with E-state index in [0.717, 1.165) is 63.5 Å². The van der Waals surface area contributed by atoms with Crippen molar-refractivity contribution in [3.05, 3.63) is 53.1 Å². The van der Waals surface area contributed by atoms with Crippen molar-refractivity contribution in [3.63, 3.8) is 0 Å². The molecule has 0 radical (unpaired) electrons. The summed E-state index contributed by atoms with van der Waals surface area (Å²) in [5.41, 5.74) is 3.69. The summed E-state index contributed by atoms with van der Waals surface area (Å²) < 4.78 is 16.4. The number of carbonyl (C=O) groups is 1. The SMILES string of the molecule is CCn1nc(CC2CCCCC2)cc1C1CCN(C[C@H]2CN([C@@H](C(=O)O)C(C)C)C[C@@H]2c2cccc(F)c2)CC1. The summed E-state index contributed by atoms with van der Waals surface area (Å²) >= 11 is 0. The van der Waals surface area contributed by atoms with E-state index in [9.17, 15) is 14.3 Å². The number of halogens is 1. The molecule has 220 valence electrons. The summed E-state index contributed by atoms with van der Waals surface area (Å²) in [5, 5.41) is 15.0. The fraction of sp³-hybridized carbons (Fsp3) is 0.697. The molecule has 0 bridgehead atoms. The predicted molar refractivity (Wildman–Crippen MR) is 157 cm³/mol. The number of piperidine rings is 1. The van der Waals surface area contributed by atoms with Gasteiger partial charge in [0.15, 0.2) is 0 Å². The van der Waals surface area contributed by atoms with Crippen LogP contribution in [-0.4, -0.2) is 69.4 Å². The van der Waals surface area contributed by atoms with Gasteiger partial charge in [0.05, 0.1) is 5.69 Å². The van der Waals surface area contributed by atoms with Gasteiger partial charge >= 0.3 is 5.97 Å². The highest BCUT2D eigenvalue weighted by atomic mass is 19.1. The number of rotatable bonds is 10. The summed E-state index contributed by atoms with van der Waals surface area (Å²) in [5.74, 6) is 0.804. The number of carboxylic acid groups (broad SMARTS) is 1. The van der Waals surface area contributed by atoms with Crippen molar-refractivity contribution >= 4 is 5.97 Å². The molecule has 0 spiro atoms. The second kappa shape index (κ2) is 13.2. The molecule has 40 heavy (non-hydrogen) atoms. The minimum Gasteiger partial charge on any atom is -0.480 e. The molecule has 6 nitrogen and oxygen atoms in total. The standard InChI is InChI=1S/C33H49FN4O2/c1-4-38-31(19-29(35-38)17-24-9-6-5-7-10-24)25-13-15-36(16-14-25)20-27-21-37(32(23(2)3)33(39)40)22-30(27)26-11-8-12-28(34)18-26/h8,11-12,18-19,23-25,27,30,32H,4-7,9-10,13-17,20-22H2,1-3H3,(H,39,40)/t27-,30+,32+/m0/s1. The van der Waals surface area contributed by atoms with Crippen LogP contribution in [0.4, 0.5) is 4.39 Å². The minimum atomic E-state index is -0.759. The first-order chi connectivity index (χ1) is 19.3. The van der Waals surface area contributed by atoms with Crippen LogP contribution in [0.25, 0.3) is 0 Å². The maximum atomic E-state index is 14.2. The number of nitrogens with zero attached hydrogens (tertiary/aromatic N) is 4. The van der Waals surface area contributed by atoms with Crippen LogP contribution >= 0.6 is 0 Å². The third kappa shape index (κ3) is 6.79. The third-order valence-electron chi connectivity index (χ3n) is 9.91. The summed E-state index contributed by atoms with van der Waals surface area (Å²) in [4.78, 5) is 16.8. The second-order valence-electron chi connectivity index (χ2n) is 13.1. The molecule has 1 N–H and O–H groups in total. The Morgan fingerprint density at radius 1 is 1.07 bits per heavy atom. The van der Waals surface area contributed by atoms with Gasteiger partial charge in [-0.05, 0) is 80.8 Å². The normalized spacial score (nSPS) is 24.6. The first-order valence-electron chi connectivity index (χ1n) is 15.8. The van der Waals surface area contributed by atoms with Crippen LogP contribution in [0.1, 0.15) is 94.5 Å². The van der Waals surface area contributed by atoms with E-state index in [2.05, 4.69) is 27.5 Å². The lowest BCUT2D eigenvalue weighted by molar-refractivity contribution is -0.144. The van der Waals surface area contributed by atoms with E-state index in [1.165, 1.54) is 49.6 Å². The fourth-order valence-electron chi connectivity index (χ4n) is 7.89. The van der Waals surface area contributed by atoms with Crippen LogP contribution in [0.15, 0.2) is 30.3 Å². The molecule has 3 heterocycles. The Bertz CT molecular complexity index is 1120. The van der Waals surface area contributed by atoms with Gasteiger partial charge in [0, 0.05) is 43.7 Å². The van der Waals surface area contributed by atoms with Crippen molar-refractivity contribution in [1.29, 1.82) is 0 Å². The number of hydrogen-bond donors (Lipinski definition) is 1. The predicted octanol–water partition coefficient (Wildman–Crippen LogP) is 6.17. The van der Waals surface area contributed by atoms with E-state index in [0.29, 0.717) is 12.5 Å². The van der Waals surface area contributed by atoms with E-state index in [-0.39, 0.29) is 23.6 Å². The number of carboxylic acids is 1. The molecule has 2 aliphatic heterocycles. The van der Waals surface area contributed by atoms with Gasteiger partial charge in [-0.15, -0.1) is 0 Å². The van der Waals surface area contributed by atoms with Gasteiger partial charge in [-0.1, -0.05) is 58.1 Å². The Balaban J connectivity index is 1.24. The maximum absolute atomic E-state index is 14.2. The fourth-order valence-corrected chi connectivity index (χ4v) is 7.89. The zero-order chi connectivity index (χ0) is 28.2. The molecule has 3 fully saturated rings. The number of aryl methyl sites for hydroxylation is 1. The molecule has 2 aromatic rings. The smallest absolute Gasteiger partial charge is 0.321 e. The lowest BCUT2D eigenvalue weighted by atomic mass is 9.85. The summed E-state index contributed by atoms with van der Waals surface area (Å²) in [6.07, 6.45) is 10.2. The van der Waals surface area contributed by atoms with Gasteiger partial charge in [0.2, 0.25) is 0 Å². The average Bonchev–Trinajstić information content (AvgIpc) is 3.53. The molecule has 5 rings (SSSR count). The summed E-state index contributed by atoms with van der Waals surface area (Å²) in [6, 6.07) is 8.83. The summed E-state index contributed by atoms with van der Waals surface area (Å²) in [7, 11) is 0. The van der Waals surface area contributed by atoms with Crippen molar-refractivity contribution in [3.8, 4) is 0 Å². The van der Waals surface area contributed by atoms with E-state index in [1.807, 2.05) is 19.9 Å². The number of hydrogen-bond acceptors (Lipinski definition) is 4. The van der Waals surface area contributed by atoms with Crippen molar-refractivity contribution in [2.24, 2.45) is 17.8 Å². The summed E-state index contributed by atoms with van der Waals surface area (Å²) in [6.45, 7) is 11.5. The van der Waals surface area contributed by atoms with E-state index < -0.39 is 12.0 Å². The molecule has 1 aromatic heterocycles. The molecule has 3 aliphatic rings. The van der Waals surface area contributed by atoms with Crippen molar-refractivity contribution in [2.45, 2.75) is 96.6 Å². The molecule has 2 saturated heterocycles. The molecule has 1 aromatic carbocycles. The number of benzene rings is 1. The van der Waals surface area contributed by atoms with Crippen LogP contribution in [0.3, 0.4) is 0 Å². The van der Waals surface area contributed by atoms with Crippen LogP contribution in [0, 0.1) is 23.6 Å². The number of aliphatic carboxylic acids is 1. The first kappa shape index (κ1) is 29.2. The largest absolute Gasteiger partial charge is 0.480 e. The van der Waals surface area contributed by atoms with Gasteiger partial charge in [-0.2, -0.15) is 5.10 Å². The Labute approximate surface area is 239 Å². The molecule has 1 saturated carbocycles. The first-order valence-corrected chi connectivity index (χ1v) is 15.8. The quantitative estimate of drug-likeness (QED) is 0.382. The molecule has 7 heteroatoms. The highest BCUT2D eigenvalue weighted by Gasteiger charge is 2.41. The zero-order valence-corrected chi connectivity index (χ0v) is 24.8. The van der Waals surface area contributed by atoms with Crippen LogP contribution in [-0.2, 0) is 17.8 Å². The van der Waals surface area contributed by atoms with Crippen molar-refractivity contribution in [1.82, 2.24) is 19.6 Å². The molecule has 0 amide bonds. The molecule has 3 atom stereocenters. The van der Waals surface area contributed by atoms with Gasteiger partial charge in [-0.25, -0.2) is 4.39 Å². The lowest BCUT2D eigenvalue weighted by Gasteiger charge is -2.35. The van der Waals surface area contributed by atoms with E-state index in [4.69, 9.17) is 5.10 Å². The Kier molecular flexibility index (Phi) is 9.62. The van der Waals surface area contributed by atoms with E-state index >= 15 is 0 Å². The number of likely N-dealkylation sites (tertiary alicyclic amines) is 2. The Morgan fingerprint density at radius 3 is 2.48 bits per heavy atom. The van der Waals surface area contributed by atoms with Gasteiger partial charge in [0.25, 0.3) is 0 Å². The van der Waals surface area contributed by atoms with Gasteiger partial charge in [-0.3, -0.25) is 14.4 Å². The average molecular weight is 553 g/mol. The zero-order valence-electron chi connectivity index (χ0n) is 24.8. The van der Waals surface area contributed by atoms with Crippen molar-refractivity contribution < 1.29 is 14.3 Å². The van der Waals surface area contributed by atoms with Crippen LogP contribution in [0.5, 0.6) is 0 Å². The lowest BCUT2D eigenvalue weighted by Crippen LogP contribution is -2.44. The third-order valence-corrected chi connectivity index (χ3v) is 9.91. The van der Waals surface area contributed by atoms with Crippen LogP contribution in [0.2, 0.25) is 0 Å². The maximum Gasteiger partial charge on any atom is 0.321 e. The Hall–Kier alpha value is -2.25. The highest BCUT2D eigenvalue weighted by molar-refractivity contribution is 5.73. The van der Waals surface area contributed by atoms with Crippen LogP contribution < -0.4 is 0 Å². The minimum absolute atomic E-state index is 0.0200. The molecular weight excluding hydrogens is 503 g/mol. The Morgan fingerprint density at radius 2 is 1.82 bits per heavy atom. The van der Waals surface area contributed by atoms with E-state index in [1.54, 1.807) is 12.1 Å². The van der Waals surface area contributed by atoms with Gasteiger partial charge < -0.3 is 10.0 Å². The van der Waals surface area contributed by atoms with Gasteiger partial charge in [0.1, 0.15) is 11.9 Å². The topological polar surface area (TPSA) is 61.6 Å². The molecule has 1 aliphatic carbocycles. The second-order valence-corrected chi connectivity index (χ2v) is 13.1. The number of aromatic nitrogens is 2.